The van der Waals surface area contributed by atoms with E-state index < -0.39 is 21.7 Å². The highest BCUT2D eigenvalue weighted by molar-refractivity contribution is 7.89. The second-order valence-electron chi connectivity index (χ2n) is 5.94. The lowest BCUT2D eigenvalue weighted by Gasteiger charge is -2.26. The normalized spacial score (nSPS) is 16.0. The van der Waals surface area contributed by atoms with Crippen molar-refractivity contribution in [1.29, 1.82) is 0 Å². The van der Waals surface area contributed by atoms with E-state index in [9.17, 15) is 17.6 Å². The summed E-state index contributed by atoms with van der Waals surface area (Å²) in [7, 11) is -3.75. The molecule has 1 N–H and O–H groups in total. The maximum Gasteiger partial charge on any atom is 0.254 e. The molecule has 146 valence electrons. The Morgan fingerprint density at radius 1 is 1.27 bits per heavy atom. The first kappa shape index (κ1) is 20.8. The summed E-state index contributed by atoms with van der Waals surface area (Å²) in [5.74, 6) is -1.36. The molecule has 1 saturated heterocycles. The van der Waals surface area contributed by atoms with Crippen molar-refractivity contribution in [2.75, 3.05) is 52.5 Å². The molecular weight excluding hydrogens is 361 g/mol. The van der Waals surface area contributed by atoms with Gasteiger partial charge in [-0.3, -0.25) is 9.69 Å². The second kappa shape index (κ2) is 9.40. The fourth-order valence-corrected chi connectivity index (χ4v) is 4.28. The van der Waals surface area contributed by atoms with E-state index in [0.29, 0.717) is 39.4 Å². The van der Waals surface area contributed by atoms with Gasteiger partial charge in [0.25, 0.3) is 5.91 Å². The molecule has 0 radical (unpaired) electrons. The molecular formula is C17H26FN3O4S. The van der Waals surface area contributed by atoms with E-state index in [0.717, 1.165) is 25.2 Å². The highest BCUT2D eigenvalue weighted by Gasteiger charge is 2.24. The number of halogens is 1. The number of benzene rings is 1. The van der Waals surface area contributed by atoms with Crippen molar-refractivity contribution in [2.45, 2.75) is 18.7 Å². The first-order chi connectivity index (χ1) is 12.4. The van der Waals surface area contributed by atoms with Gasteiger partial charge in [0.1, 0.15) is 5.82 Å². The lowest BCUT2D eigenvalue weighted by atomic mass is 10.2. The molecule has 1 aromatic rings. The number of sulfonamides is 1. The number of amides is 1. The lowest BCUT2D eigenvalue weighted by Crippen LogP contribution is -2.41. The third kappa shape index (κ3) is 5.00. The number of hydrogen-bond acceptors (Lipinski definition) is 5. The molecule has 1 heterocycles. The number of ether oxygens (including phenoxy) is 1. The van der Waals surface area contributed by atoms with Crippen LogP contribution < -0.4 is 5.32 Å². The van der Waals surface area contributed by atoms with Crippen molar-refractivity contribution < 1.29 is 22.3 Å². The number of nitrogens with one attached hydrogen (secondary N) is 1. The van der Waals surface area contributed by atoms with Crippen LogP contribution in [0.3, 0.4) is 0 Å². The molecule has 2 rings (SSSR count). The number of carbonyl (C=O) groups excluding carboxylic acids is 1. The minimum absolute atomic E-state index is 0.0825. The van der Waals surface area contributed by atoms with Crippen LogP contribution in [0.4, 0.5) is 4.39 Å². The summed E-state index contributed by atoms with van der Waals surface area (Å²) < 4.78 is 45.7. The van der Waals surface area contributed by atoms with Gasteiger partial charge in [-0.25, -0.2) is 12.8 Å². The zero-order chi connectivity index (χ0) is 19.2. The Bertz CT molecular complexity index is 717. The smallest absolute Gasteiger partial charge is 0.254 e. The van der Waals surface area contributed by atoms with E-state index in [1.165, 1.54) is 10.4 Å². The van der Waals surface area contributed by atoms with Crippen LogP contribution in [-0.4, -0.2) is 76.0 Å². The summed E-state index contributed by atoms with van der Waals surface area (Å²) in [6, 6.07) is 3.31. The number of carbonyl (C=O) groups is 1. The summed E-state index contributed by atoms with van der Waals surface area (Å²) in [4.78, 5) is 14.4. The van der Waals surface area contributed by atoms with Crippen LogP contribution in [0.25, 0.3) is 0 Å². The van der Waals surface area contributed by atoms with Crippen LogP contribution in [0.2, 0.25) is 0 Å². The third-order valence-electron chi connectivity index (χ3n) is 4.34. The zero-order valence-corrected chi connectivity index (χ0v) is 16.0. The monoisotopic (exact) mass is 387 g/mol. The van der Waals surface area contributed by atoms with Crippen molar-refractivity contribution >= 4 is 15.9 Å². The molecule has 1 aliphatic rings. The van der Waals surface area contributed by atoms with Crippen molar-refractivity contribution in [3.8, 4) is 0 Å². The van der Waals surface area contributed by atoms with Gasteiger partial charge in [-0.1, -0.05) is 13.8 Å². The predicted molar refractivity (Wildman–Crippen MR) is 96.1 cm³/mol. The summed E-state index contributed by atoms with van der Waals surface area (Å²) in [5, 5.41) is 2.65. The van der Waals surface area contributed by atoms with E-state index in [1.807, 2.05) is 0 Å². The fourth-order valence-electron chi connectivity index (χ4n) is 2.80. The van der Waals surface area contributed by atoms with Gasteiger partial charge >= 0.3 is 0 Å². The van der Waals surface area contributed by atoms with Gasteiger partial charge in [-0.2, -0.15) is 4.31 Å². The van der Waals surface area contributed by atoms with E-state index >= 15 is 0 Å². The Morgan fingerprint density at radius 3 is 2.54 bits per heavy atom. The van der Waals surface area contributed by atoms with E-state index in [4.69, 9.17) is 4.74 Å². The standard InChI is InChI=1S/C17H26FN3O4S/c1-3-21(4-2)26(23,24)14-5-6-16(18)15(13-14)17(22)19-7-8-20-9-11-25-12-10-20/h5-6,13H,3-4,7-12H2,1-2H3,(H,19,22). The number of rotatable bonds is 8. The first-order valence-corrected chi connectivity index (χ1v) is 10.2. The number of nitrogens with zero attached hydrogens (tertiary/aromatic N) is 2. The Hall–Kier alpha value is -1.55. The Morgan fingerprint density at radius 2 is 1.92 bits per heavy atom. The molecule has 1 aromatic carbocycles. The molecule has 0 aliphatic carbocycles. The largest absolute Gasteiger partial charge is 0.379 e. The molecule has 1 aliphatic heterocycles. The maximum atomic E-state index is 14.1. The Labute approximate surface area is 154 Å². The lowest BCUT2D eigenvalue weighted by molar-refractivity contribution is 0.0383. The van der Waals surface area contributed by atoms with Crippen LogP contribution in [0.15, 0.2) is 23.1 Å². The van der Waals surface area contributed by atoms with Crippen LogP contribution in [0.1, 0.15) is 24.2 Å². The van der Waals surface area contributed by atoms with E-state index in [-0.39, 0.29) is 10.5 Å². The first-order valence-electron chi connectivity index (χ1n) is 8.78. The molecule has 1 fully saturated rings. The molecule has 0 aromatic heterocycles. The zero-order valence-electron chi connectivity index (χ0n) is 15.2. The molecule has 26 heavy (non-hydrogen) atoms. The maximum absolute atomic E-state index is 14.1. The van der Waals surface area contributed by atoms with Crippen LogP contribution >= 0.6 is 0 Å². The molecule has 7 nitrogen and oxygen atoms in total. The Balaban J connectivity index is 2.07. The molecule has 0 atom stereocenters. The van der Waals surface area contributed by atoms with Crippen LogP contribution in [0, 0.1) is 5.82 Å². The number of hydrogen-bond donors (Lipinski definition) is 1. The molecule has 9 heteroatoms. The number of morpholine rings is 1. The Kier molecular flexibility index (Phi) is 7.51. The van der Waals surface area contributed by atoms with Gasteiger partial charge in [0, 0.05) is 39.3 Å². The van der Waals surface area contributed by atoms with Gasteiger partial charge < -0.3 is 10.1 Å². The minimum atomic E-state index is -3.75. The van der Waals surface area contributed by atoms with Crippen LogP contribution in [-0.2, 0) is 14.8 Å². The molecule has 0 saturated carbocycles. The SMILES string of the molecule is CCN(CC)S(=O)(=O)c1ccc(F)c(C(=O)NCCN2CCOCC2)c1. The highest BCUT2D eigenvalue weighted by Crippen LogP contribution is 2.19. The van der Waals surface area contributed by atoms with Gasteiger partial charge in [0.15, 0.2) is 0 Å². The summed E-state index contributed by atoms with van der Waals surface area (Å²) >= 11 is 0. The third-order valence-corrected chi connectivity index (χ3v) is 6.39. The van der Waals surface area contributed by atoms with Gasteiger partial charge in [0.2, 0.25) is 10.0 Å². The van der Waals surface area contributed by atoms with Crippen molar-refractivity contribution in [2.24, 2.45) is 0 Å². The fraction of sp³-hybridized carbons (Fsp3) is 0.588. The quantitative estimate of drug-likeness (QED) is 0.718. The van der Waals surface area contributed by atoms with Crippen molar-refractivity contribution in [3.63, 3.8) is 0 Å². The summed E-state index contributed by atoms with van der Waals surface area (Å²) in [6.07, 6.45) is 0. The average molecular weight is 387 g/mol. The summed E-state index contributed by atoms with van der Waals surface area (Å²) in [5.41, 5.74) is -0.264. The van der Waals surface area contributed by atoms with Gasteiger partial charge in [-0.05, 0) is 18.2 Å². The minimum Gasteiger partial charge on any atom is -0.379 e. The topological polar surface area (TPSA) is 79.0 Å². The van der Waals surface area contributed by atoms with Crippen molar-refractivity contribution in [1.82, 2.24) is 14.5 Å². The predicted octanol–water partition coefficient (Wildman–Crippen LogP) is 0.918. The summed E-state index contributed by atoms with van der Waals surface area (Å²) in [6.45, 7) is 7.95. The molecule has 0 spiro atoms. The van der Waals surface area contributed by atoms with Gasteiger partial charge in [-0.15, -0.1) is 0 Å². The van der Waals surface area contributed by atoms with E-state index in [2.05, 4.69) is 10.2 Å². The van der Waals surface area contributed by atoms with Crippen LogP contribution in [0.5, 0.6) is 0 Å². The molecule has 0 bridgehead atoms. The highest BCUT2D eigenvalue weighted by atomic mass is 32.2. The van der Waals surface area contributed by atoms with E-state index in [1.54, 1.807) is 13.8 Å². The van der Waals surface area contributed by atoms with Crippen molar-refractivity contribution in [3.05, 3.63) is 29.6 Å². The molecule has 0 unspecified atom stereocenters. The van der Waals surface area contributed by atoms with Gasteiger partial charge in [0.05, 0.1) is 23.7 Å². The second-order valence-corrected chi connectivity index (χ2v) is 7.88. The average Bonchev–Trinajstić information content (AvgIpc) is 2.63. The molecule has 1 amide bonds.